The number of carbonyl (C=O) groups excluding carboxylic acids is 1. The Bertz CT molecular complexity index is 520. The Morgan fingerprint density at radius 1 is 1.00 bits per heavy atom. The van der Waals surface area contributed by atoms with Crippen molar-refractivity contribution in [1.29, 1.82) is 0 Å². The van der Waals surface area contributed by atoms with Gasteiger partial charge in [0.15, 0.2) is 0 Å². The van der Waals surface area contributed by atoms with Gasteiger partial charge in [0, 0.05) is 5.56 Å². The molecule has 0 radical (unpaired) electrons. The second-order valence-electron chi connectivity index (χ2n) is 3.48. The van der Waals surface area contributed by atoms with Crippen LogP contribution in [-0.4, -0.2) is 6.29 Å². The molecule has 0 spiro atoms. The van der Waals surface area contributed by atoms with Crippen molar-refractivity contribution in [2.45, 2.75) is 0 Å². The highest BCUT2D eigenvalue weighted by atomic mass is 19.1. The third kappa shape index (κ3) is 1.93. The molecule has 80 valence electrons. The minimum absolute atomic E-state index is 0.133. The number of nitrogens with two attached hydrogens (primary N) is 1. The quantitative estimate of drug-likeness (QED) is 0.618. The maximum atomic E-state index is 13.2. The second kappa shape index (κ2) is 4.14. The van der Waals surface area contributed by atoms with Crippen molar-refractivity contribution in [2.75, 3.05) is 5.73 Å². The van der Waals surface area contributed by atoms with Crippen LogP contribution >= 0.6 is 0 Å². The molecule has 0 aliphatic heterocycles. The Morgan fingerprint density at radius 3 is 2.19 bits per heavy atom. The van der Waals surface area contributed by atoms with Crippen LogP contribution in [0.1, 0.15) is 10.4 Å². The summed E-state index contributed by atoms with van der Waals surface area (Å²) < 4.78 is 13.2. The summed E-state index contributed by atoms with van der Waals surface area (Å²) in [5, 5.41) is 0. The highest BCUT2D eigenvalue weighted by molar-refractivity contribution is 5.77. The van der Waals surface area contributed by atoms with Crippen molar-refractivity contribution in [1.82, 2.24) is 0 Å². The summed E-state index contributed by atoms with van der Waals surface area (Å²) in [6.07, 6.45) is 0.771. The molecule has 0 aromatic heterocycles. The number of carbonyl (C=O) groups is 1. The van der Waals surface area contributed by atoms with Crippen molar-refractivity contribution in [3.8, 4) is 11.1 Å². The van der Waals surface area contributed by atoms with Crippen LogP contribution in [0.3, 0.4) is 0 Å². The highest BCUT2D eigenvalue weighted by Crippen LogP contribution is 2.22. The normalized spacial score (nSPS) is 10.1. The molecule has 2 nitrogen and oxygen atoms in total. The van der Waals surface area contributed by atoms with Gasteiger partial charge < -0.3 is 5.73 Å². The molecule has 0 saturated carbocycles. The lowest BCUT2D eigenvalue weighted by Crippen LogP contribution is -1.90. The van der Waals surface area contributed by atoms with E-state index in [1.807, 2.05) is 0 Å². The van der Waals surface area contributed by atoms with Crippen LogP contribution in [0.4, 0.5) is 10.1 Å². The monoisotopic (exact) mass is 215 g/mol. The number of rotatable bonds is 2. The number of halogens is 1. The molecular weight excluding hydrogens is 205 g/mol. The minimum atomic E-state index is -0.433. The summed E-state index contributed by atoms with van der Waals surface area (Å²) in [4.78, 5) is 10.5. The molecule has 2 N–H and O–H groups in total. The lowest BCUT2D eigenvalue weighted by atomic mass is 10.0. The molecule has 0 unspecified atom stereocenters. The Kier molecular flexibility index (Phi) is 2.68. The maximum absolute atomic E-state index is 13.2. The van der Waals surface area contributed by atoms with Crippen molar-refractivity contribution in [3.63, 3.8) is 0 Å². The molecule has 2 aromatic rings. The van der Waals surface area contributed by atoms with E-state index in [9.17, 15) is 9.18 Å². The van der Waals surface area contributed by atoms with Gasteiger partial charge in [-0.3, -0.25) is 4.79 Å². The van der Waals surface area contributed by atoms with Crippen LogP contribution in [0.15, 0.2) is 42.5 Å². The topological polar surface area (TPSA) is 43.1 Å². The first-order valence-corrected chi connectivity index (χ1v) is 4.81. The zero-order valence-electron chi connectivity index (χ0n) is 8.48. The van der Waals surface area contributed by atoms with Crippen molar-refractivity contribution in [3.05, 3.63) is 53.8 Å². The first-order chi connectivity index (χ1) is 7.70. The van der Waals surface area contributed by atoms with Gasteiger partial charge in [0.2, 0.25) is 0 Å². The molecule has 0 bridgehead atoms. The average Bonchev–Trinajstić information content (AvgIpc) is 2.33. The van der Waals surface area contributed by atoms with Crippen LogP contribution in [0, 0.1) is 5.82 Å². The Labute approximate surface area is 92.5 Å². The number of anilines is 1. The number of aldehydes is 1. The van der Waals surface area contributed by atoms with E-state index in [2.05, 4.69) is 0 Å². The van der Waals surface area contributed by atoms with E-state index in [1.165, 1.54) is 12.1 Å². The molecule has 0 heterocycles. The molecule has 0 amide bonds. The number of hydrogen-bond donors (Lipinski definition) is 1. The Balaban J connectivity index is 2.42. The highest BCUT2D eigenvalue weighted by Gasteiger charge is 2.02. The van der Waals surface area contributed by atoms with Crippen LogP contribution in [0.5, 0.6) is 0 Å². The van der Waals surface area contributed by atoms with Gasteiger partial charge in [-0.05, 0) is 23.3 Å². The maximum Gasteiger partial charge on any atom is 0.150 e. The summed E-state index contributed by atoms with van der Waals surface area (Å²) in [6, 6.07) is 11.6. The lowest BCUT2D eigenvalue weighted by Gasteiger charge is -2.03. The van der Waals surface area contributed by atoms with Crippen molar-refractivity contribution in [2.24, 2.45) is 0 Å². The van der Waals surface area contributed by atoms with Gasteiger partial charge in [-0.2, -0.15) is 0 Å². The first kappa shape index (κ1) is 10.4. The fourth-order valence-electron chi connectivity index (χ4n) is 1.46. The van der Waals surface area contributed by atoms with Gasteiger partial charge in [0.25, 0.3) is 0 Å². The van der Waals surface area contributed by atoms with Crippen LogP contribution in [-0.2, 0) is 0 Å². The van der Waals surface area contributed by atoms with E-state index in [0.717, 1.165) is 17.4 Å². The van der Waals surface area contributed by atoms with Gasteiger partial charge in [0.1, 0.15) is 12.1 Å². The molecule has 0 aliphatic rings. The van der Waals surface area contributed by atoms with E-state index in [4.69, 9.17) is 5.73 Å². The predicted molar refractivity (Wildman–Crippen MR) is 61.6 cm³/mol. The first-order valence-electron chi connectivity index (χ1n) is 4.81. The van der Waals surface area contributed by atoms with E-state index < -0.39 is 5.82 Å². The van der Waals surface area contributed by atoms with Gasteiger partial charge in [-0.25, -0.2) is 4.39 Å². The number of nitrogen functional groups attached to an aromatic ring is 1. The molecular formula is C13H10FNO. The summed E-state index contributed by atoms with van der Waals surface area (Å²) in [5.74, 6) is -0.433. The second-order valence-corrected chi connectivity index (χ2v) is 3.48. The van der Waals surface area contributed by atoms with Gasteiger partial charge in [-0.15, -0.1) is 0 Å². The fourth-order valence-corrected chi connectivity index (χ4v) is 1.46. The number of benzene rings is 2. The molecule has 0 saturated heterocycles. The Hall–Kier alpha value is -2.16. The van der Waals surface area contributed by atoms with Gasteiger partial charge in [-0.1, -0.05) is 30.3 Å². The molecule has 0 atom stereocenters. The van der Waals surface area contributed by atoms with E-state index in [0.29, 0.717) is 5.56 Å². The summed E-state index contributed by atoms with van der Waals surface area (Å²) in [6.45, 7) is 0. The zero-order valence-corrected chi connectivity index (χ0v) is 8.48. The Morgan fingerprint density at radius 2 is 1.62 bits per heavy atom. The molecule has 3 heteroatoms. The van der Waals surface area contributed by atoms with Crippen molar-refractivity contribution >= 4 is 12.0 Å². The molecule has 2 rings (SSSR count). The summed E-state index contributed by atoms with van der Waals surface area (Å²) >= 11 is 0. The van der Waals surface area contributed by atoms with Gasteiger partial charge >= 0.3 is 0 Å². The largest absolute Gasteiger partial charge is 0.396 e. The van der Waals surface area contributed by atoms with E-state index >= 15 is 0 Å². The zero-order chi connectivity index (χ0) is 11.5. The van der Waals surface area contributed by atoms with Crippen LogP contribution in [0.25, 0.3) is 11.1 Å². The van der Waals surface area contributed by atoms with Crippen LogP contribution < -0.4 is 5.73 Å². The molecule has 0 aliphatic carbocycles. The fraction of sp³-hybridized carbons (Fsp3) is 0. The van der Waals surface area contributed by atoms with Crippen LogP contribution in [0.2, 0.25) is 0 Å². The minimum Gasteiger partial charge on any atom is -0.396 e. The molecule has 0 fully saturated rings. The molecule has 2 aromatic carbocycles. The predicted octanol–water partition coefficient (Wildman–Crippen LogP) is 2.89. The molecule has 16 heavy (non-hydrogen) atoms. The average molecular weight is 215 g/mol. The van der Waals surface area contributed by atoms with Gasteiger partial charge in [0.05, 0.1) is 5.69 Å². The standard InChI is InChI=1S/C13H10FNO/c14-12-7-11(5-6-13(12)15)10-3-1-9(8-16)2-4-10/h1-8H,15H2. The van der Waals surface area contributed by atoms with E-state index in [1.54, 1.807) is 30.3 Å². The summed E-state index contributed by atoms with van der Waals surface area (Å²) in [7, 11) is 0. The SMILES string of the molecule is Nc1ccc(-c2ccc(C=O)cc2)cc1F. The lowest BCUT2D eigenvalue weighted by molar-refractivity contribution is 0.112. The van der Waals surface area contributed by atoms with Crippen molar-refractivity contribution < 1.29 is 9.18 Å². The third-order valence-electron chi connectivity index (χ3n) is 2.38. The number of hydrogen-bond acceptors (Lipinski definition) is 2. The summed E-state index contributed by atoms with van der Waals surface area (Å²) in [5.41, 5.74) is 7.71. The van der Waals surface area contributed by atoms with E-state index in [-0.39, 0.29) is 5.69 Å². The smallest absolute Gasteiger partial charge is 0.150 e. The third-order valence-corrected chi connectivity index (χ3v) is 2.38.